The highest BCUT2D eigenvalue weighted by atomic mass is 16.2. The lowest BCUT2D eigenvalue weighted by Gasteiger charge is -2.36. The molecular weight excluding hydrogens is 156 g/mol. The number of carbonyl (C=O) groups is 2. The van der Waals surface area contributed by atoms with E-state index in [4.69, 9.17) is 0 Å². The molecule has 1 rings (SSSR count). The topological polar surface area (TPSA) is 40.6 Å². The molecule has 0 aromatic rings. The number of amides is 2. The van der Waals surface area contributed by atoms with E-state index < -0.39 is 0 Å². The summed E-state index contributed by atoms with van der Waals surface area (Å²) in [5, 5.41) is 0. The zero-order valence-electron chi connectivity index (χ0n) is 7.70. The molecule has 0 spiro atoms. The smallest absolute Gasteiger partial charge is 0.244 e. The Bertz CT molecular complexity index is 215. The second kappa shape index (κ2) is 3.13. The number of carbonyl (C=O) groups excluding carboxylic acids is 2. The molecule has 2 amide bonds. The van der Waals surface area contributed by atoms with E-state index in [1.807, 2.05) is 0 Å². The van der Waals surface area contributed by atoms with Crippen LogP contribution in [-0.4, -0.2) is 47.8 Å². The Morgan fingerprint density at radius 1 is 1.50 bits per heavy atom. The lowest BCUT2D eigenvalue weighted by Crippen LogP contribution is -2.55. The molecule has 1 atom stereocenters. The first-order chi connectivity index (χ1) is 5.54. The SMILES string of the molecule is CC(=O)N1CCN(C)C(=O)C1C. The fraction of sp³-hybridized carbons (Fsp3) is 0.750. The summed E-state index contributed by atoms with van der Waals surface area (Å²) < 4.78 is 0. The Balaban J connectivity index is 2.71. The van der Waals surface area contributed by atoms with E-state index in [2.05, 4.69) is 0 Å². The van der Waals surface area contributed by atoms with Gasteiger partial charge in [-0.1, -0.05) is 0 Å². The monoisotopic (exact) mass is 170 g/mol. The van der Waals surface area contributed by atoms with Gasteiger partial charge in [-0.25, -0.2) is 0 Å². The molecule has 1 saturated heterocycles. The Hall–Kier alpha value is -1.06. The van der Waals surface area contributed by atoms with Gasteiger partial charge in [-0.05, 0) is 6.92 Å². The maximum Gasteiger partial charge on any atom is 0.244 e. The molecule has 4 heteroatoms. The van der Waals surface area contributed by atoms with Crippen molar-refractivity contribution >= 4 is 11.8 Å². The molecular formula is C8H14N2O2. The first-order valence-electron chi connectivity index (χ1n) is 4.06. The van der Waals surface area contributed by atoms with Gasteiger partial charge in [0, 0.05) is 27.1 Å². The number of rotatable bonds is 0. The van der Waals surface area contributed by atoms with Gasteiger partial charge >= 0.3 is 0 Å². The van der Waals surface area contributed by atoms with E-state index in [1.54, 1.807) is 23.8 Å². The molecule has 0 bridgehead atoms. The molecule has 1 aliphatic heterocycles. The van der Waals surface area contributed by atoms with Crippen molar-refractivity contribution in [3.63, 3.8) is 0 Å². The van der Waals surface area contributed by atoms with Crippen LogP contribution < -0.4 is 0 Å². The van der Waals surface area contributed by atoms with Crippen molar-refractivity contribution in [2.45, 2.75) is 19.9 Å². The van der Waals surface area contributed by atoms with Crippen molar-refractivity contribution in [1.82, 2.24) is 9.80 Å². The van der Waals surface area contributed by atoms with E-state index in [0.717, 1.165) is 0 Å². The number of hydrogen-bond acceptors (Lipinski definition) is 2. The second-order valence-corrected chi connectivity index (χ2v) is 3.15. The summed E-state index contributed by atoms with van der Waals surface area (Å²) in [6, 6.07) is -0.291. The number of likely N-dealkylation sites (N-methyl/N-ethyl adjacent to an activating group) is 1. The first-order valence-corrected chi connectivity index (χ1v) is 4.06. The molecule has 1 heterocycles. The third-order valence-corrected chi connectivity index (χ3v) is 2.28. The fourth-order valence-corrected chi connectivity index (χ4v) is 1.44. The van der Waals surface area contributed by atoms with Crippen LogP contribution in [0.15, 0.2) is 0 Å². The average molecular weight is 170 g/mol. The molecule has 0 aromatic heterocycles. The largest absolute Gasteiger partial charge is 0.342 e. The van der Waals surface area contributed by atoms with Crippen LogP contribution in [0.4, 0.5) is 0 Å². The van der Waals surface area contributed by atoms with Gasteiger partial charge in [0.2, 0.25) is 11.8 Å². The normalized spacial score (nSPS) is 24.6. The Labute approximate surface area is 72.1 Å². The van der Waals surface area contributed by atoms with E-state index in [0.29, 0.717) is 13.1 Å². The molecule has 68 valence electrons. The summed E-state index contributed by atoms with van der Waals surface area (Å²) in [4.78, 5) is 25.6. The zero-order chi connectivity index (χ0) is 9.30. The van der Waals surface area contributed by atoms with Gasteiger partial charge in [0.25, 0.3) is 0 Å². The van der Waals surface area contributed by atoms with Gasteiger partial charge in [0.05, 0.1) is 0 Å². The summed E-state index contributed by atoms with van der Waals surface area (Å²) in [5.74, 6) is 0.000370. The molecule has 0 aliphatic carbocycles. The van der Waals surface area contributed by atoms with Crippen LogP contribution in [0.5, 0.6) is 0 Å². The van der Waals surface area contributed by atoms with Crippen LogP contribution in [0.2, 0.25) is 0 Å². The highest BCUT2D eigenvalue weighted by Crippen LogP contribution is 2.08. The van der Waals surface area contributed by atoms with Gasteiger partial charge < -0.3 is 9.80 Å². The van der Waals surface area contributed by atoms with Crippen LogP contribution >= 0.6 is 0 Å². The van der Waals surface area contributed by atoms with Gasteiger partial charge in [0.1, 0.15) is 6.04 Å². The summed E-state index contributed by atoms with van der Waals surface area (Å²) >= 11 is 0. The van der Waals surface area contributed by atoms with Crippen LogP contribution in [0.3, 0.4) is 0 Å². The molecule has 0 saturated carbocycles. The Kier molecular flexibility index (Phi) is 2.35. The second-order valence-electron chi connectivity index (χ2n) is 3.15. The third kappa shape index (κ3) is 1.42. The standard InChI is InChI=1S/C8H14N2O2/c1-6-8(12)9(3)4-5-10(6)7(2)11/h6H,4-5H2,1-3H3. The van der Waals surface area contributed by atoms with E-state index in [1.165, 1.54) is 6.92 Å². The van der Waals surface area contributed by atoms with Gasteiger partial charge in [-0.2, -0.15) is 0 Å². The van der Waals surface area contributed by atoms with Crippen LogP contribution in [0, 0.1) is 0 Å². The molecule has 4 nitrogen and oxygen atoms in total. The van der Waals surface area contributed by atoms with Crippen molar-refractivity contribution in [3.8, 4) is 0 Å². The molecule has 1 aliphatic rings. The Morgan fingerprint density at radius 2 is 2.08 bits per heavy atom. The van der Waals surface area contributed by atoms with Gasteiger partial charge in [-0.3, -0.25) is 9.59 Å². The quantitative estimate of drug-likeness (QED) is 0.500. The summed E-state index contributed by atoms with van der Waals surface area (Å²) in [7, 11) is 1.76. The summed E-state index contributed by atoms with van der Waals surface area (Å²) in [6.07, 6.45) is 0. The minimum Gasteiger partial charge on any atom is -0.342 e. The molecule has 1 fully saturated rings. The van der Waals surface area contributed by atoms with Crippen molar-refractivity contribution in [3.05, 3.63) is 0 Å². The van der Waals surface area contributed by atoms with Crippen molar-refractivity contribution < 1.29 is 9.59 Å². The minimum atomic E-state index is -0.291. The predicted molar refractivity (Wildman–Crippen MR) is 44.5 cm³/mol. The predicted octanol–water partition coefficient (Wildman–Crippen LogP) is -0.305. The van der Waals surface area contributed by atoms with Crippen molar-refractivity contribution in [2.75, 3.05) is 20.1 Å². The molecule has 0 N–H and O–H groups in total. The number of nitrogens with zero attached hydrogens (tertiary/aromatic N) is 2. The molecule has 0 aromatic carbocycles. The van der Waals surface area contributed by atoms with Crippen LogP contribution in [0.25, 0.3) is 0 Å². The maximum absolute atomic E-state index is 11.4. The number of piperazine rings is 1. The summed E-state index contributed by atoms with van der Waals surface area (Å²) in [5.41, 5.74) is 0. The zero-order valence-corrected chi connectivity index (χ0v) is 7.70. The molecule has 0 radical (unpaired) electrons. The third-order valence-electron chi connectivity index (χ3n) is 2.28. The fourth-order valence-electron chi connectivity index (χ4n) is 1.44. The minimum absolute atomic E-state index is 0.0241. The number of hydrogen-bond donors (Lipinski definition) is 0. The van der Waals surface area contributed by atoms with E-state index in [-0.39, 0.29) is 17.9 Å². The summed E-state index contributed by atoms with van der Waals surface area (Å²) in [6.45, 7) is 4.55. The van der Waals surface area contributed by atoms with Gasteiger partial charge in [0.15, 0.2) is 0 Å². The van der Waals surface area contributed by atoms with E-state index >= 15 is 0 Å². The maximum atomic E-state index is 11.4. The van der Waals surface area contributed by atoms with Crippen molar-refractivity contribution in [2.24, 2.45) is 0 Å². The highest BCUT2D eigenvalue weighted by Gasteiger charge is 2.30. The lowest BCUT2D eigenvalue weighted by atomic mass is 10.2. The molecule has 12 heavy (non-hydrogen) atoms. The highest BCUT2D eigenvalue weighted by molar-refractivity contribution is 5.87. The van der Waals surface area contributed by atoms with Gasteiger partial charge in [-0.15, -0.1) is 0 Å². The van der Waals surface area contributed by atoms with Crippen LogP contribution in [-0.2, 0) is 9.59 Å². The van der Waals surface area contributed by atoms with Crippen molar-refractivity contribution in [1.29, 1.82) is 0 Å². The first kappa shape index (κ1) is 9.03. The molecule has 1 unspecified atom stereocenters. The van der Waals surface area contributed by atoms with E-state index in [9.17, 15) is 9.59 Å². The lowest BCUT2D eigenvalue weighted by molar-refractivity contribution is -0.148. The average Bonchev–Trinajstić information content (AvgIpc) is 2.00. The van der Waals surface area contributed by atoms with Crippen LogP contribution in [0.1, 0.15) is 13.8 Å². The Morgan fingerprint density at radius 3 is 2.58 bits per heavy atom.